The maximum absolute atomic E-state index is 4.12. The zero-order chi connectivity index (χ0) is 22.5. The quantitative estimate of drug-likeness (QED) is 0.272. The van der Waals surface area contributed by atoms with Gasteiger partial charge in [-0.05, 0) is 96.7 Å². The van der Waals surface area contributed by atoms with E-state index >= 15 is 0 Å². The molecule has 34 heavy (non-hydrogen) atoms. The van der Waals surface area contributed by atoms with Crippen molar-refractivity contribution in [1.82, 2.24) is 4.98 Å². The Hall–Kier alpha value is -4.49. The Kier molecular flexibility index (Phi) is 4.22. The van der Waals surface area contributed by atoms with Crippen LogP contribution in [-0.4, -0.2) is 4.98 Å². The molecule has 0 N–H and O–H groups in total. The normalized spacial score (nSPS) is 11.5. The highest BCUT2D eigenvalue weighted by atomic mass is 14.6. The molecular formula is C33H21N. The molecule has 1 nitrogen and oxygen atoms in total. The van der Waals surface area contributed by atoms with Gasteiger partial charge in [0.05, 0.1) is 0 Å². The van der Waals surface area contributed by atoms with Crippen molar-refractivity contribution >= 4 is 10.8 Å². The van der Waals surface area contributed by atoms with E-state index in [0.717, 1.165) is 0 Å². The Morgan fingerprint density at radius 3 is 1.71 bits per heavy atom. The second-order valence-corrected chi connectivity index (χ2v) is 8.87. The molecular weight excluding hydrogens is 410 g/mol. The van der Waals surface area contributed by atoms with Gasteiger partial charge in [-0.1, -0.05) is 84.9 Å². The molecule has 1 aliphatic rings. The van der Waals surface area contributed by atoms with Gasteiger partial charge in [0.25, 0.3) is 0 Å². The summed E-state index contributed by atoms with van der Waals surface area (Å²) in [5, 5.41) is 2.67. The summed E-state index contributed by atoms with van der Waals surface area (Å²) in [6.45, 7) is 0. The lowest BCUT2D eigenvalue weighted by Crippen LogP contribution is -1.85. The van der Waals surface area contributed by atoms with Crippen LogP contribution >= 0.6 is 0 Å². The lowest BCUT2D eigenvalue weighted by molar-refractivity contribution is 1.33. The molecule has 1 heterocycles. The predicted molar refractivity (Wildman–Crippen MR) is 142 cm³/mol. The molecule has 7 rings (SSSR count). The molecule has 0 radical (unpaired) electrons. The SMILES string of the molecule is c1cc(-c2ccc(-c3ccncc3)cc2)cc(-c2cc3c4c(cccc4c2)-c2ccccc2-3)c1. The van der Waals surface area contributed by atoms with Crippen LogP contribution in [0, 0.1) is 0 Å². The zero-order valence-corrected chi connectivity index (χ0v) is 18.6. The highest BCUT2D eigenvalue weighted by Crippen LogP contribution is 2.48. The molecule has 0 saturated carbocycles. The Bertz CT molecular complexity index is 1680. The Balaban J connectivity index is 1.32. The molecule has 1 heteroatoms. The highest BCUT2D eigenvalue weighted by molar-refractivity contribution is 6.16. The van der Waals surface area contributed by atoms with E-state index < -0.39 is 0 Å². The number of nitrogens with zero attached hydrogens (tertiary/aromatic N) is 1. The van der Waals surface area contributed by atoms with Crippen LogP contribution in [-0.2, 0) is 0 Å². The Morgan fingerprint density at radius 1 is 0.353 bits per heavy atom. The van der Waals surface area contributed by atoms with Crippen molar-refractivity contribution in [3.05, 3.63) is 128 Å². The molecule has 5 aromatic carbocycles. The molecule has 0 fully saturated rings. The van der Waals surface area contributed by atoms with E-state index in [0.29, 0.717) is 0 Å². The van der Waals surface area contributed by atoms with Crippen molar-refractivity contribution in [2.24, 2.45) is 0 Å². The fourth-order valence-corrected chi connectivity index (χ4v) is 5.26. The lowest BCUT2D eigenvalue weighted by atomic mass is 9.94. The van der Waals surface area contributed by atoms with E-state index in [1.54, 1.807) is 0 Å². The van der Waals surface area contributed by atoms with Crippen LogP contribution in [0.1, 0.15) is 0 Å². The predicted octanol–water partition coefficient (Wildman–Crippen LogP) is 8.88. The van der Waals surface area contributed by atoms with Crippen molar-refractivity contribution in [3.8, 4) is 55.6 Å². The fourth-order valence-electron chi connectivity index (χ4n) is 5.26. The summed E-state index contributed by atoms with van der Waals surface area (Å²) in [5.41, 5.74) is 12.7. The van der Waals surface area contributed by atoms with E-state index in [2.05, 4.69) is 108 Å². The van der Waals surface area contributed by atoms with Crippen LogP contribution in [0.25, 0.3) is 66.4 Å². The Labute approximate surface area is 199 Å². The second-order valence-electron chi connectivity index (χ2n) is 8.87. The number of pyridine rings is 1. The highest BCUT2D eigenvalue weighted by Gasteiger charge is 2.21. The van der Waals surface area contributed by atoms with E-state index in [1.165, 1.54) is 66.4 Å². The minimum atomic E-state index is 1.18. The third-order valence-electron chi connectivity index (χ3n) is 6.91. The standard InChI is InChI=1S/C33H21N/c1-2-9-30-29(8-1)31-10-4-7-27-20-28(21-32(30)33(27)31)26-6-3-5-25(19-26)23-13-11-22(12-14-23)24-15-17-34-18-16-24/h1-21H. The molecule has 6 aromatic rings. The third kappa shape index (κ3) is 2.98. The molecule has 0 amide bonds. The number of rotatable bonds is 3. The maximum Gasteiger partial charge on any atom is 0.0273 e. The van der Waals surface area contributed by atoms with Crippen LogP contribution in [0.15, 0.2) is 128 Å². The van der Waals surface area contributed by atoms with Crippen molar-refractivity contribution in [2.75, 3.05) is 0 Å². The summed E-state index contributed by atoms with van der Waals surface area (Å²) in [4.78, 5) is 4.12. The summed E-state index contributed by atoms with van der Waals surface area (Å²) in [6, 6.07) is 41.9. The summed E-state index contributed by atoms with van der Waals surface area (Å²) in [5.74, 6) is 0. The first kappa shape index (κ1) is 19.0. The van der Waals surface area contributed by atoms with Gasteiger partial charge in [0, 0.05) is 12.4 Å². The van der Waals surface area contributed by atoms with Gasteiger partial charge in [-0.2, -0.15) is 0 Å². The average molecular weight is 432 g/mol. The molecule has 0 bridgehead atoms. The zero-order valence-electron chi connectivity index (χ0n) is 18.6. The summed E-state index contributed by atoms with van der Waals surface area (Å²) in [6.07, 6.45) is 3.67. The van der Waals surface area contributed by atoms with Gasteiger partial charge < -0.3 is 0 Å². The van der Waals surface area contributed by atoms with Gasteiger partial charge in [-0.3, -0.25) is 4.98 Å². The van der Waals surface area contributed by atoms with Gasteiger partial charge >= 0.3 is 0 Å². The molecule has 0 spiro atoms. The first-order valence-corrected chi connectivity index (χ1v) is 11.6. The van der Waals surface area contributed by atoms with Crippen LogP contribution in [0.2, 0.25) is 0 Å². The molecule has 0 aliphatic heterocycles. The molecule has 1 aromatic heterocycles. The van der Waals surface area contributed by atoms with Crippen molar-refractivity contribution in [1.29, 1.82) is 0 Å². The topological polar surface area (TPSA) is 12.9 Å². The molecule has 0 unspecified atom stereocenters. The van der Waals surface area contributed by atoms with Crippen molar-refractivity contribution in [3.63, 3.8) is 0 Å². The number of hydrogen-bond donors (Lipinski definition) is 0. The van der Waals surface area contributed by atoms with Gasteiger partial charge in [-0.25, -0.2) is 0 Å². The molecule has 0 saturated heterocycles. The number of fused-ring (bicyclic) bond motifs is 3. The Morgan fingerprint density at radius 2 is 0.941 bits per heavy atom. The van der Waals surface area contributed by atoms with E-state index in [1.807, 2.05) is 24.5 Å². The number of benzene rings is 5. The summed E-state index contributed by atoms with van der Waals surface area (Å²) in [7, 11) is 0. The maximum atomic E-state index is 4.12. The lowest BCUT2D eigenvalue weighted by Gasteiger charge is -2.10. The molecule has 158 valence electrons. The average Bonchev–Trinajstić information content (AvgIpc) is 3.24. The van der Waals surface area contributed by atoms with Gasteiger partial charge in [0.1, 0.15) is 0 Å². The third-order valence-corrected chi connectivity index (χ3v) is 6.91. The first-order chi connectivity index (χ1) is 16.8. The first-order valence-electron chi connectivity index (χ1n) is 11.6. The van der Waals surface area contributed by atoms with Gasteiger partial charge in [0.2, 0.25) is 0 Å². The minimum Gasteiger partial charge on any atom is -0.265 e. The largest absolute Gasteiger partial charge is 0.265 e. The van der Waals surface area contributed by atoms with Gasteiger partial charge in [-0.15, -0.1) is 0 Å². The minimum absolute atomic E-state index is 1.18. The van der Waals surface area contributed by atoms with E-state index in [9.17, 15) is 0 Å². The second kappa shape index (κ2) is 7.54. The smallest absolute Gasteiger partial charge is 0.0273 e. The van der Waals surface area contributed by atoms with Crippen LogP contribution in [0.3, 0.4) is 0 Å². The molecule has 0 atom stereocenters. The monoisotopic (exact) mass is 431 g/mol. The van der Waals surface area contributed by atoms with Crippen LogP contribution in [0.4, 0.5) is 0 Å². The van der Waals surface area contributed by atoms with Crippen LogP contribution < -0.4 is 0 Å². The van der Waals surface area contributed by atoms with Crippen molar-refractivity contribution < 1.29 is 0 Å². The summed E-state index contributed by atoms with van der Waals surface area (Å²) >= 11 is 0. The summed E-state index contributed by atoms with van der Waals surface area (Å²) < 4.78 is 0. The van der Waals surface area contributed by atoms with E-state index in [4.69, 9.17) is 0 Å². The van der Waals surface area contributed by atoms with Crippen molar-refractivity contribution in [2.45, 2.75) is 0 Å². The number of aromatic nitrogens is 1. The fraction of sp³-hybridized carbons (Fsp3) is 0. The molecule has 1 aliphatic carbocycles. The van der Waals surface area contributed by atoms with Crippen LogP contribution in [0.5, 0.6) is 0 Å². The van der Waals surface area contributed by atoms with Gasteiger partial charge in [0.15, 0.2) is 0 Å². The number of hydrogen-bond acceptors (Lipinski definition) is 1. The van der Waals surface area contributed by atoms with E-state index in [-0.39, 0.29) is 0 Å².